The zero-order chi connectivity index (χ0) is 12.6. The van der Waals surface area contributed by atoms with Gasteiger partial charge in [0.1, 0.15) is 0 Å². The van der Waals surface area contributed by atoms with Crippen molar-refractivity contribution in [2.75, 3.05) is 0 Å². The lowest BCUT2D eigenvalue weighted by Gasteiger charge is -1.95. The van der Waals surface area contributed by atoms with Crippen molar-refractivity contribution in [3.8, 4) is 0 Å². The molecular formula is C17H32. The average molecular weight is 236 g/mol. The maximum Gasteiger partial charge on any atom is -0.0348 e. The Morgan fingerprint density at radius 3 is 1.41 bits per heavy atom. The molecule has 0 saturated heterocycles. The molecule has 0 aliphatic rings. The van der Waals surface area contributed by atoms with Gasteiger partial charge in [-0.1, -0.05) is 83.1 Å². The van der Waals surface area contributed by atoms with Gasteiger partial charge in [0.15, 0.2) is 0 Å². The Bertz CT molecular complexity index is 176. The smallest absolute Gasteiger partial charge is 0.0348 e. The molecule has 0 saturated carbocycles. The summed E-state index contributed by atoms with van der Waals surface area (Å²) in [6.07, 6.45) is 24.0. The molecule has 17 heavy (non-hydrogen) atoms. The summed E-state index contributed by atoms with van der Waals surface area (Å²) in [5, 5.41) is 0. The van der Waals surface area contributed by atoms with Gasteiger partial charge < -0.3 is 0 Å². The largest absolute Gasteiger partial charge is 0.0845 e. The minimum atomic E-state index is 1.25. The molecule has 0 fully saturated rings. The van der Waals surface area contributed by atoms with Gasteiger partial charge in [-0.25, -0.2) is 0 Å². The molecule has 0 amide bonds. The van der Waals surface area contributed by atoms with Crippen molar-refractivity contribution in [1.82, 2.24) is 0 Å². The van der Waals surface area contributed by atoms with Crippen LogP contribution in [0.3, 0.4) is 0 Å². The molecule has 0 aliphatic heterocycles. The van der Waals surface area contributed by atoms with Gasteiger partial charge in [-0.15, -0.1) is 0 Å². The Morgan fingerprint density at radius 2 is 0.941 bits per heavy atom. The van der Waals surface area contributed by atoms with Gasteiger partial charge in [-0.3, -0.25) is 0 Å². The second-order valence-electron chi connectivity index (χ2n) is 4.91. The maximum absolute atomic E-state index is 2.31. The van der Waals surface area contributed by atoms with E-state index in [0.29, 0.717) is 0 Å². The number of unbranched alkanes of at least 4 members (excludes halogenated alkanes) is 9. The van der Waals surface area contributed by atoms with E-state index in [9.17, 15) is 0 Å². The fraction of sp³-hybridized carbons (Fsp3) is 0.765. The molecule has 0 aliphatic carbocycles. The van der Waals surface area contributed by atoms with Crippen molar-refractivity contribution >= 4 is 0 Å². The molecule has 0 heteroatoms. The van der Waals surface area contributed by atoms with Crippen LogP contribution in [0.25, 0.3) is 0 Å². The molecule has 0 spiro atoms. The summed E-state index contributed by atoms with van der Waals surface area (Å²) in [6.45, 7) is 4.53. The Hall–Kier alpha value is -0.520. The maximum atomic E-state index is 2.31. The van der Waals surface area contributed by atoms with Gasteiger partial charge in [0.25, 0.3) is 0 Å². The van der Waals surface area contributed by atoms with E-state index in [-0.39, 0.29) is 0 Å². The van der Waals surface area contributed by atoms with E-state index < -0.39 is 0 Å². The van der Waals surface area contributed by atoms with E-state index in [1.165, 1.54) is 70.6 Å². The topological polar surface area (TPSA) is 0 Å². The molecule has 0 radical (unpaired) electrons. The van der Waals surface area contributed by atoms with Crippen LogP contribution in [0.4, 0.5) is 0 Å². The summed E-state index contributed by atoms with van der Waals surface area (Å²) in [5.74, 6) is 0. The summed E-state index contributed by atoms with van der Waals surface area (Å²) >= 11 is 0. The minimum absolute atomic E-state index is 1.25. The van der Waals surface area contributed by atoms with Crippen LogP contribution in [-0.4, -0.2) is 0 Å². The van der Waals surface area contributed by atoms with Gasteiger partial charge in [0, 0.05) is 0 Å². The first-order valence-corrected chi connectivity index (χ1v) is 7.73. The molecule has 0 unspecified atom stereocenters. The molecule has 100 valence electrons. The van der Waals surface area contributed by atoms with Crippen molar-refractivity contribution < 1.29 is 0 Å². The molecule has 0 aromatic heterocycles. The van der Waals surface area contributed by atoms with Crippen LogP contribution in [0.2, 0.25) is 0 Å². The van der Waals surface area contributed by atoms with Crippen LogP contribution in [0, 0.1) is 0 Å². The normalized spacial score (nSPS) is 11.9. The number of hydrogen-bond donors (Lipinski definition) is 0. The van der Waals surface area contributed by atoms with E-state index in [1.54, 1.807) is 0 Å². The molecule has 0 nitrogen and oxygen atoms in total. The Morgan fingerprint density at radius 1 is 0.529 bits per heavy atom. The third-order valence-electron chi connectivity index (χ3n) is 3.08. The number of rotatable bonds is 12. The molecule has 0 heterocycles. The van der Waals surface area contributed by atoms with Crippen LogP contribution < -0.4 is 0 Å². The Balaban J connectivity index is 3.15. The molecule has 0 aromatic carbocycles. The van der Waals surface area contributed by atoms with E-state index >= 15 is 0 Å². The molecule has 0 aromatic rings. The van der Waals surface area contributed by atoms with Gasteiger partial charge in [0.05, 0.1) is 0 Å². The quantitative estimate of drug-likeness (QED) is 0.270. The lowest BCUT2D eigenvalue weighted by molar-refractivity contribution is 0.637. The third-order valence-corrected chi connectivity index (χ3v) is 3.08. The van der Waals surface area contributed by atoms with Crippen LogP contribution in [0.15, 0.2) is 24.3 Å². The molecule has 0 rings (SSSR count). The molecule has 0 N–H and O–H groups in total. The first-order valence-electron chi connectivity index (χ1n) is 7.73. The van der Waals surface area contributed by atoms with Gasteiger partial charge >= 0.3 is 0 Å². The molecule has 0 bridgehead atoms. The highest BCUT2D eigenvalue weighted by atomic mass is 13.9. The Labute approximate surface area is 109 Å². The van der Waals surface area contributed by atoms with Crippen LogP contribution in [0.5, 0.6) is 0 Å². The highest BCUT2D eigenvalue weighted by Gasteiger charge is 1.86. The summed E-state index contributed by atoms with van der Waals surface area (Å²) < 4.78 is 0. The van der Waals surface area contributed by atoms with Gasteiger partial charge in [-0.2, -0.15) is 0 Å². The SMILES string of the molecule is CCCCCC/C=C/C=C/CCCCCCC. The molecule has 0 atom stereocenters. The monoisotopic (exact) mass is 236 g/mol. The summed E-state index contributed by atoms with van der Waals surface area (Å²) in [7, 11) is 0. The fourth-order valence-corrected chi connectivity index (χ4v) is 1.90. The minimum Gasteiger partial charge on any atom is -0.0845 e. The zero-order valence-corrected chi connectivity index (χ0v) is 12.1. The second kappa shape index (κ2) is 15.5. The van der Waals surface area contributed by atoms with Crippen molar-refractivity contribution in [3.05, 3.63) is 24.3 Å². The van der Waals surface area contributed by atoms with Crippen molar-refractivity contribution in [3.63, 3.8) is 0 Å². The first kappa shape index (κ1) is 16.5. The number of hydrogen-bond acceptors (Lipinski definition) is 0. The highest BCUT2D eigenvalue weighted by Crippen LogP contribution is 2.06. The standard InChI is InChI=1S/C17H32/c1-3-5-7-9-11-13-15-17-16-14-12-10-8-6-4-2/h13,15-17H,3-12,14H2,1-2H3/b15-13+,17-16+. The first-order chi connectivity index (χ1) is 8.41. The van der Waals surface area contributed by atoms with Gasteiger partial charge in [0.2, 0.25) is 0 Å². The van der Waals surface area contributed by atoms with Crippen LogP contribution in [0.1, 0.15) is 84.5 Å². The lowest BCUT2D eigenvalue weighted by Crippen LogP contribution is -1.75. The summed E-state index contributed by atoms with van der Waals surface area (Å²) in [4.78, 5) is 0. The average Bonchev–Trinajstić information content (AvgIpc) is 2.35. The highest BCUT2D eigenvalue weighted by molar-refractivity contribution is 5.02. The zero-order valence-electron chi connectivity index (χ0n) is 12.1. The van der Waals surface area contributed by atoms with Gasteiger partial charge in [-0.05, 0) is 25.7 Å². The second-order valence-corrected chi connectivity index (χ2v) is 4.91. The third kappa shape index (κ3) is 15.5. The van der Waals surface area contributed by atoms with Crippen molar-refractivity contribution in [2.24, 2.45) is 0 Å². The predicted octanol–water partition coefficient (Wildman–Crippen LogP) is 6.43. The van der Waals surface area contributed by atoms with Crippen LogP contribution in [-0.2, 0) is 0 Å². The summed E-state index contributed by atoms with van der Waals surface area (Å²) in [6, 6.07) is 0. The Kier molecular flexibility index (Phi) is 15.0. The van der Waals surface area contributed by atoms with E-state index in [0.717, 1.165) is 0 Å². The van der Waals surface area contributed by atoms with E-state index in [1.807, 2.05) is 0 Å². The summed E-state index contributed by atoms with van der Waals surface area (Å²) in [5.41, 5.74) is 0. The fourth-order valence-electron chi connectivity index (χ4n) is 1.90. The van der Waals surface area contributed by atoms with Crippen molar-refractivity contribution in [2.45, 2.75) is 84.5 Å². The van der Waals surface area contributed by atoms with E-state index in [4.69, 9.17) is 0 Å². The van der Waals surface area contributed by atoms with Crippen LogP contribution >= 0.6 is 0 Å². The van der Waals surface area contributed by atoms with Crippen molar-refractivity contribution in [1.29, 1.82) is 0 Å². The predicted molar refractivity (Wildman–Crippen MR) is 80.4 cm³/mol. The van der Waals surface area contributed by atoms with E-state index in [2.05, 4.69) is 38.2 Å². The lowest BCUT2D eigenvalue weighted by atomic mass is 10.1. The number of allylic oxidation sites excluding steroid dienone is 4. The molecular weight excluding hydrogens is 204 g/mol.